The molecule has 0 aromatic heterocycles. The van der Waals surface area contributed by atoms with Gasteiger partial charge in [-0.2, -0.15) is 0 Å². The van der Waals surface area contributed by atoms with Crippen LogP contribution in [0.2, 0.25) is 0 Å². The minimum Gasteiger partial charge on any atom is -0.344 e. The van der Waals surface area contributed by atoms with Gasteiger partial charge in [-0.15, -0.1) is 0 Å². The lowest BCUT2D eigenvalue weighted by molar-refractivity contribution is -0.127. The van der Waals surface area contributed by atoms with Crippen LogP contribution in [0.3, 0.4) is 0 Å². The molecule has 3 rings (SSSR count). The molecule has 0 aliphatic heterocycles. The molecule has 0 saturated carbocycles. The smallest absolute Gasteiger partial charge is 0.261 e. The molecular formula is C27H31N3O4S. The Morgan fingerprint density at radius 3 is 2.17 bits per heavy atom. The Labute approximate surface area is 207 Å². The minimum atomic E-state index is -3.79. The van der Waals surface area contributed by atoms with Gasteiger partial charge in [0.1, 0.15) is 6.04 Å². The van der Waals surface area contributed by atoms with Crippen LogP contribution < -0.4 is 15.4 Å². The summed E-state index contributed by atoms with van der Waals surface area (Å²) >= 11 is 0. The second-order valence-electron chi connectivity index (χ2n) is 8.87. The van der Waals surface area contributed by atoms with Crippen LogP contribution in [0.25, 0.3) is 0 Å². The van der Waals surface area contributed by atoms with Crippen LogP contribution in [0.5, 0.6) is 0 Å². The molecule has 3 aromatic carbocycles. The molecule has 0 saturated heterocycles. The Morgan fingerprint density at radius 2 is 1.51 bits per heavy atom. The molecule has 0 aliphatic carbocycles. The van der Waals surface area contributed by atoms with E-state index in [-0.39, 0.29) is 29.0 Å². The monoisotopic (exact) mass is 493 g/mol. The first-order chi connectivity index (χ1) is 16.5. The van der Waals surface area contributed by atoms with E-state index >= 15 is 0 Å². The number of benzene rings is 3. The number of hydrogen-bond acceptors (Lipinski definition) is 4. The molecule has 184 valence electrons. The third-order valence-electron chi connectivity index (χ3n) is 5.64. The van der Waals surface area contributed by atoms with Crippen molar-refractivity contribution in [3.8, 4) is 0 Å². The Balaban J connectivity index is 1.69. The van der Waals surface area contributed by atoms with Crippen molar-refractivity contribution in [3.63, 3.8) is 0 Å². The molecule has 3 N–H and O–H groups in total. The van der Waals surface area contributed by atoms with Crippen LogP contribution in [0.1, 0.15) is 30.5 Å². The zero-order chi connectivity index (χ0) is 25.6. The summed E-state index contributed by atoms with van der Waals surface area (Å²) in [6.07, 6.45) is 0.174. The summed E-state index contributed by atoms with van der Waals surface area (Å²) in [5.41, 5.74) is 3.47. The van der Waals surface area contributed by atoms with Crippen LogP contribution >= 0.6 is 0 Å². The highest BCUT2D eigenvalue weighted by Crippen LogP contribution is 2.21. The molecule has 7 nitrogen and oxygen atoms in total. The van der Waals surface area contributed by atoms with E-state index in [0.717, 1.165) is 16.7 Å². The molecule has 8 heteroatoms. The minimum absolute atomic E-state index is 0.152. The number of carbonyl (C=O) groups excluding carboxylic acids is 2. The Bertz CT molecular complexity index is 1310. The number of nitrogens with one attached hydrogen (secondary N) is 3. The van der Waals surface area contributed by atoms with Gasteiger partial charge in [0, 0.05) is 5.69 Å². The van der Waals surface area contributed by atoms with Gasteiger partial charge >= 0.3 is 0 Å². The van der Waals surface area contributed by atoms with Crippen molar-refractivity contribution in [2.45, 2.75) is 45.1 Å². The van der Waals surface area contributed by atoms with E-state index in [2.05, 4.69) is 15.4 Å². The van der Waals surface area contributed by atoms with Crippen LogP contribution in [0.4, 0.5) is 11.4 Å². The maximum atomic E-state index is 13.0. The molecule has 0 heterocycles. The van der Waals surface area contributed by atoms with E-state index in [9.17, 15) is 18.0 Å². The van der Waals surface area contributed by atoms with Gasteiger partial charge < -0.3 is 10.6 Å². The molecule has 0 aliphatic rings. The first kappa shape index (κ1) is 26.0. The summed E-state index contributed by atoms with van der Waals surface area (Å²) in [6.45, 7) is 7.47. The number of amides is 2. The highest BCUT2D eigenvalue weighted by atomic mass is 32.2. The number of carbonyl (C=O) groups is 2. The predicted octanol–water partition coefficient (Wildman–Crippen LogP) is 4.43. The van der Waals surface area contributed by atoms with Crippen LogP contribution in [-0.2, 0) is 26.0 Å². The van der Waals surface area contributed by atoms with Crippen LogP contribution in [0, 0.1) is 19.8 Å². The second-order valence-corrected chi connectivity index (χ2v) is 10.6. The van der Waals surface area contributed by atoms with E-state index < -0.39 is 16.1 Å². The fourth-order valence-corrected chi connectivity index (χ4v) is 4.65. The predicted molar refractivity (Wildman–Crippen MR) is 139 cm³/mol. The Morgan fingerprint density at radius 1 is 0.829 bits per heavy atom. The first-order valence-electron chi connectivity index (χ1n) is 11.4. The third-order valence-corrected chi connectivity index (χ3v) is 7.02. The molecule has 3 aromatic rings. The quantitative estimate of drug-likeness (QED) is 0.410. The normalized spacial score (nSPS) is 12.1. The van der Waals surface area contributed by atoms with E-state index in [1.807, 2.05) is 58.0 Å². The highest BCUT2D eigenvalue weighted by Gasteiger charge is 2.24. The summed E-state index contributed by atoms with van der Waals surface area (Å²) in [7, 11) is -3.79. The molecule has 1 atom stereocenters. The zero-order valence-electron chi connectivity index (χ0n) is 20.3. The average Bonchev–Trinajstić information content (AvgIpc) is 2.79. The second kappa shape index (κ2) is 11.2. The molecule has 1 unspecified atom stereocenters. The fourth-order valence-electron chi connectivity index (χ4n) is 3.52. The van der Waals surface area contributed by atoms with Crippen molar-refractivity contribution in [2.75, 3.05) is 10.0 Å². The Hall–Kier alpha value is -3.65. The number of rotatable bonds is 9. The van der Waals surface area contributed by atoms with Crippen molar-refractivity contribution in [1.82, 2.24) is 5.32 Å². The maximum absolute atomic E-state index is 13.0. The molecule has 0 bridgehead atoms. The molecule has 2 amide bonds. The first-order valence-corrected chi connectivity index (χ1v) is 12.9. The fraction of sp³-hybridized carbons (Fsp3) is 0.259. The summed E-state index contributed by atoms with van der Waals surface area (Å²) < 4.78 is 28.2. The van der Waals surface area contributed by atoms with Gasteiger partial charge in [-0.25, -0.2) is 8.42 Å². The van der Waals surface area contributed by atoms with Gasteiger partial charge in [-0.05, 0) is 66.8 Å². The number of anilines is 2. The number of aryl methyl sites for hydroxylation is 2. The molecule has 0 radical (unpaired) electrons. The summed E-state index contributed by atoms with van der Waals surface area (Å²) in [5, 5.41) is 5.59. The molecule has 0 spiro atoms. The van der Waals surface area contributed by atoms with Crippen molar-refractivity contribution in [1.29, 1.82) is 0 Å². The van der Waals surface area contributed by atoms with Gasteiger partial charge in [-0.1, -0.05) is 56.3 Å². The topological polar surface area (TPSA) is 104 Å². The van der Waals surface area contributed by atoms with E-state index in [1.54, 1.807) is 42.5 Å². The Kier molecular flexibility index (Phi) is 8.30. The average molecular weight is 494 g/mol. The maximum Gasteiger partial charge on any atom is 0.261 e. The van der Waals surface area contributed by atoms with E-state index in [4.69, 9.17) is 0 Å². The summed E-state index contributed by atoms with van der Waals surface area (Å²) in [6, 6.07) is 19.9. The third kappa shape index (κ3) is 7.16. The lowest BCUT2D eigenvalue weighted by Gasteiger charge is -2.22. The van der Waals surface area contributed by atoms with Crippen molar-refractivity contribution < 1.29 is 18.0 Å². The van der Waals surface area contributed by atoms with Gasteiger partial charge in [0.25, 0.3) is 10.0 Å². The molecular weight excluding hydrogens is 462 g/mol. The van der Waals surface area contributed by atoms with E-state index in [1.165, 1.54) is 0 Å². The molecule has 35 heavy (non-hydrogen) atoms. The van der Waals surface area contributed by atoms with Gasteiger partial charge in [0.2, 0.25) is 11.8 Å². The standard InChI is InChI=1S/C27H31N3O4S/c1-18(2)26(29-25(31)16-21-9-6-5-7-10-21)27(32)28-22-11-8-12-23(17-22)30-35(33,34)24-14-13-19(3)20(4)15-24/h5-15,17-18,26,30H,16H2,1-4H3,(H,28,32)(H,29,31). The molecule has 0 fully saturated rings. The van der Waals surface area contributed by atoms with E-state index in [0.29, 0.717) is 11.4 Å². The lowest BCUT2D eigenvalue weighted by Crippen LogP contribution is -2.47. The lowest BCUT2D eigenvalue weighted by atomic mass is 10.0. The van der Waals surface area contributed by atoms with Gasteiger partial charge in [0.15, 0.2) is 0 Å². The number of hydrogen-bond donors (Lipinski definition) is 3. The summed E-state index contributed by atoms with van der Waals surface area (Å²) in [4.78, 5) is 25.6. The zero-order valence-corrected chi connectivity index (χ0v) is 21.1. The van der Waals surface area contributed by atoms with Crippen LogP contribution in [-0.4, -0.2) is 26.3 Å². The van der Waals surface area contributed by atoms with Crippen LogP contribution in [0.15, 0.2) is 77.7 Å². The van der Waals surface area contributed by atoms with Crippen molar-refractivity contribution in [3.05, 3.63) is 89.5 Å². The van der Waals surface area contributed by atoms with Crippen molar-refractivity contribution in [2.24, 2.45) is 5.92 Å². The SMILES string of the molecule is Cc1ccc(S(=O)(=O)Nc2cccc(NC(=O)C(NC(=O)Cc3ccccc3)C(C)C)c2)cc1C. The highest BCUT2D eigenvalue weighted by molar-refractivity contribution is 7.92. The van der Waals surface area contributed by atoms with Gasteiger partial charge in [0.05, 0.1) is 17.0 Å². The summed E-state index contributed by atoms with van der Waals surface area (Å²) in [5.74, 6) is -0.781. The van der Waals surface area contributed by atoms with Gasteiger partial charge in [-0.3, -0.25) is 14.3 Å². The van der Waals surface area contributed by atoms with Crippen molar-refractivity contribution >= 4 is 33.2 Å². The largest absolute Gasteiger partial charge is 0.344 e. The number of sulfonamides is 1.